The Kier molecular flexibility index (Phi) is 23.2. The normalized spacial score (nSPS) is 11.9. The average molecular weight is 1770 g/mol. The predicted octanol–water partition coefficient (Wildman–Crippen LogP) is 16.0. The van der Waals surface area contributed by atoms with Gasteiger partial charge in [0.15, 0.2) is 62.2 Å². The Morgan fingerprint density at radius 1 is 0.331 bits per heavy atom. The van der Waals surface area contributed by atoms with Crippen LogP contribution < -0.4 is 51.6 Å². The van der Waals surface area contributed by atoms with Crippen molar-refractivity contribution in [3.8, 4) is 57.9 Å². The quantitative estimate of drug-likeness (QED) is 0.0406. The molecule has 34 nitrogen and oxygen atoms in total. The van der Waals surface area contributed by atoms with E-state index in [0.29, 0.717) is 141 Å². The molecule has 0 radical (unpaired) electrons. The molecule has 1 aliphatic rings. The minimum atomic E-state index is -0.332. The Balaban J connectivity index is 0.000000114. The highest BCUT2D eigenvalue weighted by atomic mass is 35.5. The maximum atomic E-state index is 14.2. The first-order chi connectivity index (χ1) is 62.3. The van der Waals surface area contributed by atoms with Gasteiger partial charge in [-0.05, 0) is 242 Å². The molecular formula is C93H90ClF2N29O5. The van der Waals surface area contributed by atoms with Gasteiger partial charge in [-0.3, -0.25) is 0 Å². The summed E-state index contributed by atoms with van der Waals surface area (Å²) in [7, 11) is 0. The second-order valence-corrected chi connectivity index (χ2v) is 32.3. The first kappa shape index (κ1) is 85.8. The zero-order chi connectivity index (χ0) is 91.4. The molecular weight excluding hydrogens is 1680 g/mol. The van der Waals surface area contributed by atoms with Crippen LogP contribution in [0.15, 0.2) is 186 Å². The van der Waals surface area contributed by atoms with Gasteiger partial charge in [-0.25, -0.2) is 8.78 Å². The fourth-order valence-electron chi connectivity index (χ4n) is 15.4. The van der Waals surface area contributed by atoms with E-state index in [-0.39, 0.29) is 41.4 Å². The molecule has 15 heterocycles. The Morgan fingerprint density at radius 3 is 1.12 bits per heavy atom. The average Bonchev–Trinajstić information content (AvgIpc) is 1.61. The van der Waals surface area contributed by atoms with Crippen LogP contribution in [-0.2, 0) is 32.1 Å². The van der Waals surface area contributed by atoms with E-state index in [0.717, 1.165) is 143 Å². The summed E-state index contributed by atoms with van der Waals surface area (Å²) in [6.45, 7) is 19.0. The lowest BCUT2D eigenvalue weighted by Crippen LogP contribution is -2.05. The number of furan rings is 5. The fraction of sp³-hybridized carbons (Fsp3) is 0.194. The number of halogens is 3. The van der Waals surface area contributed by atoms with Gasteiger partial charge in [-0.2, -0.15) is 97.9 Å². The standard InChI is InChI=1S/C20H20N6O.C19H20N6O.C18H17ClN6O.C18H17FN6O.C18H16FN5O/c1-11-5-8-16(27-11)19-24-20(22)23-18-15(10-12-3-2-4-14(21)9-12)17(13-6-7-13)25-26(18)19;1-10-6-13(8-14(20)7-10)9-15-12(3)24-25-17(15)22-19(21)23-18(25)16-5-4-11(2)26-16;1-9-7-11(4-5-13(9)20)8-12-15(19)24-25-16(12)22-18(21)23-17(25)14-6-3-10(2)26-14;1-9-3-6-15(26-9)17-23-18(21)22-16-13(10(2)24-25(16)17)8-11-7-12(20)4-5-14(11)19;1-10-3-8-15(25-10)17-22-18(20)21-16-14(11(2)23-24(16)17)9-12-4-6-13(19)7-5-12/h2-5,8-9,13H,6-7,10,21H2,1H3,(H2,22,23);4-8H,9,20H2,1-3H3,(H2,21,22);2*3-7H,8,20H2,1-2H3,(H2,21,22);3-8H,9H2,1-2H3,(H2,20,21). The SMILES string of the molecule is Cc1cc(N)cc(Cc2c(C)nn3c(-c4ccc(C)o4)nc(N)nc23)c1.Cc1ccc(-c2nc(N)nc3c(Cc4cc(N)ccc4F)c(C)nn23)o1.Cc1ccc(-c2nc(N)nc3c(Cc4ccc(F)cc4)c(C)nn23)o1.Cc1ccc(-c2nc(N)nc3c(Cc4ccc(N)c(C)c4)c(Cl)nn23)o1.Cc1ccc(-c2nc(N)nc3c(Cc4cccc(N)c4)c(C4CC4)nn23)o1. The van der Waals surface area contributed by atoms with Crippen molar-refractivity contribution in [2.75, 3.05) is 51.6 Å². The molecule has 658 valence electrons. The molecule has 5 aromatic carbocycles. The number of aryl methyl sites for hydroxylation is 10. The topological polar surface area (TPSA) is 515 Å². The van der Waals surface area contributed by atoms with Gasteiger partial charge in [-0.15, -0.1) is 0 Å². The molecule has 1 saturated carbocycles. The van der Waals surface area contributed by atoms with Crippen molar-refractivity contribution in [2.45, 2.75) is 120 Å². The van der Waals surface area contributed by atoms with Gasteiger partial charge in [-0.1, -0.05) is 54.1 Å². The minimum absolute atomic E-state index is 0.0933. The summed E-state index contributed by atoms with van der Waals surface area (Å²) in [5.74, 6) is 9.97. The maximum absolute atomic E-state index is 14.2. The number of nitrogens with two attached hydrogens (primary N) is 9. The molecule has 21 rings (SSSR count). The van der Waals surface area contributed by atoms with E-state index in [9.17, 15) is 8.78 Å². The lowest BCUT2D eigenvalue weighted by molar-refractivity contribution is 0.541. The van der Waals surface area contributed by atoms with Crippen LogP contribution in [0.25, 0.3) is 86.2 Å². The van der Waals surface area contributed by atoms with Crippen LogP contribution in [0.2, 0.25) is 5.15 Å². The first-order valence-corrected chi connectivity index (χ1v) is 41.7. The molecule has 0 unspecified atom stereocenters. The number of nitrogens with zero attached hydrogens (tertiary/aromatic N) is 20. The van der Waals surface area contributed by atoms with Crippen LogP contribution in [-0.4, -0.2) is 97.9 Å². The molecule has 0 bridgehead atoms. The highest BCUT2D eigenvalue weighted by Gasteiger charge is 2.33. The number of anilines is 9. The van der Waals surface area contributed by atoms with Crippen LogP contribution in [0.5, 0.6) is 0 Å². The zero-order valence-corrected chi connectivity index (χ0v) is 73.2. The number of hydrogen-bond acceptors (Lipinski definition) is 29. The molecule has 20 aromatic rings. The predicted molar refractivity (Wildman–Crippen MR) is 493 cm³/mol. The number of aromatic nitrogens is 20. The second kappa shape index (κ2) is 35.2. The van der Waals surface area contributed by atoms with Gasteiger partial charge in [0.2, 0.25) is 58.9 Å². The van der Waals surface area contributed by atoms with Crippen LogP contribution in [0.1, 0.15) is 137 Å². The van der Waals surface area contributed by atoms with Crippen molar-refractivity contribution in [3.63, 3.8) is 0 Å². The number of rotatable bonds is 16. The molecule has 0 saturated heterocycles. The van der Waals surface area contributed by atoms with E-state index >= 15 is 0 Å². The largest absolute Gasteiger partial charge is 0.458 e. The van der Waals surface area contributed by atoms with Crippen molar-refractivity contribution in [2.24, 2.45) is 0 Å². The van der Waals surface area contributed by atoms with E-state index in [1.54, 1.807) is 46.8 Å². The fourth-order valence-corrected chi connectivity index (χ4v) is 15.6. The summed E-state index contributed by atoms with van der Waals surface area (Å²) in [5.41, 5.74) is 74.0. The summed E-state index contributed by atoms with van der Waals surface area (Å²) in [4.78, 5) is 43.5. The van der Waals surface area contributed by atoms with Crippen molar-refractivity contribution in [1.29, 1.82) is 0 Å². The van der Waals surface area contributed by atoms with Crippen LogP contribution >= 0.6 is 11.6 Å². The molecule has 130 heavy (non-hydrogen) atoms. The molecule has 0 amide bonds. The lowest BCUT2D eigenvalue weighted by atomic mass is 10.0. The Hall–Kier alpha value is -16.4. The van der Waals surface area contributed by atoms with Gasteiger partial charge in [0.05, 0.1) is 22.8 Å². The number of nitrogen functional groups attached to an aromatic ring is 9. The van der Waals surface area contributed by atoms with E-state index in [2.05, 4.69) is 82.4 Å². The maximum Gasteiger partial charge on any atom is 0.224 e. The smallest absolute Gasteiger partial charge is 0.224 e. The number of fused-ring (bicyclic) bond motifs is 5. The third-order valence-corrected chi connectivity index (χ3v) is 22.0. The van der Waals surface area contributed by atoms with E-state index in [4.69, 9.17) is 90.4 Å². The molecule has 1 aliphatic carbocycles. The third-order valence-electron chi connectivity index (χ3n) is 21.7. The number of hydrogen-bond donors (Lipinski definition) is 9. The summed E-state index contributed by atoms with van der Waals surface area (Å²) in [6.07, 6.45) is 5.07. The van der Waals surface area contributed by atoms with E-state index in [1.807, 2.05) is 172 Å². The third kappa shape index (κ3) is 18.2. The van der Waals surface area contributed by atoms with Gasteiger partial charge in [0.25, 0.3) is 0 Å². The molecule has 0 aliphatic heterocycles. The molecule has 0 atom stereocenters. The summed E-state index contributed by atoms with van der Waals surface area (Å²) in [6, 6.07) is 49.2. The highest BCUT2D eigenvalue weighted by Crippen LogP contribution is 2.43. The molecule has 37 heteroatoms. The second-order valence-electron chi connectivity index (χ2n) is 31.9. The van der Waals surface area contributed by atoms with Crippen molar-refractivity contribution < 1.29 is 30.9 Å². The van der Waals surface area contributed by atoms with Gasteiger partial charge in [0, 0.05) is 88.6 Å². The molecule has 15 aromatic heterocycles. The van der Waals surface area contributed by atoms with Crippen LogP contribution in [0, 0.1) is 80.9 Å². The Morgan fingerprint density at radius 2 is 0.700 bits per heavy atom. The van der Waals surface area contributed by atoms with E-state index in [1.165, 1.54) is 24.3 Å². The van der Waals surface area contributed by atoms with Crippen molar-refractivity contribution in [1.82, 2.24) is 97.9 Å². The summed E-state index contributed by atoms with van der Waals surface area (Å²) < 4.78 is 64.0. The van der Waals surface area contributed by atoms with Gasteiger partial charge in [0.1, 0.15) is 40.4 Å². The van der Waals surface area contributed by atoms with Crippen LogP contribution in [0.4, 0.5) is 61.3 Å². The molecule has 18 N–H and O–H groups in total. The van der Waals surface area contributed by atoms with Crippen LogP contribution in [0.3, 0.4) is 0 Å². The number of benzene rings is 5. The first-order valence-electron chi connectivity index (χ1n) is 41.3. The zero-order valence-electron chi connectivity index (χ0n) is 72.4. The van der Waals surface area contributed by atoms with Crippen molar-refractivity contribution in [3.05, 3.63) is 299 Å². The van der Waals surface area contributed by atoms with Crippen molar-refractivity contribution >= 4 is 92.3 Å². The lowest BCUT2D eigenvalue weighted by Gasteiger charge is -2.06. The summed E-state index contributed by atoms with van der Waals surface area (Å²) in [5, 5.41) is 23.3. The Bertz CT molecular complexity index is 7670. The van der Waals surface area contributed by atoms with Gasteiger partial charge < -0.3 is 73.7 Å². The van der Waals surface area contributed by atoms with E-state index < -0.39 is 0 Å². The summed E-state index contributed by atoms with van der Waals surface area (Å²) >= 11 is 6.41. The van der Waals surface area contributed by atoms with Gasteiger partial charge >= 0.3 is 0 Å². The Labute approximate surface area is 745 Å². The monoisotopic (exact) mass is 1770 g/mol. The minimum Gasteiger partial charge on any atom is -0.458 e. The molecule has 1 fully saturated rings. The highest BCUT2D eigenvalue weighted by molar-refractivity contribution is 6.30. The molecule has 0 spiro atoms.